The SMILES string of the molecule is O=C1OCC#CCN2CCN(CC#CCOC(=O)c3ccccc31)CC2. The number of rotatable bonds is 0. The lowest BCUT2D eigenvalue weighted by Crippen LogP contribution is -2.46. The number of hydrogen-bond acceptors (Lipinski definition) is 6. The summed E-state index contributed by atoms with van der Waals surface area (Å²) in [6.07, 6.45) is 0. The van der Waals surface area contributed by atoms with E-state index in [0.717, 1.165) is 26.2 Å². The van der Waals surface area contributed by atoms with Crippen LogP contribution in [0.3, 0.4) is 0 Å². The zero-order valence-electron chi connectivity index (χ0n) is 14.5. The molecule has 1 fully saturated rings. The number of carbonyl (C=O) groups is 2. The van der Waals surface area contributed by atoms with Crippen molar-refractivity contribution in [2.24, 2.45) is 0 Å². The minimum atomic E-state index is -0.590. The molecule has 3 aliphatic heterocycles. The number of esters is 2. The topological polar surface area (TPSA) is 59.1 Å². The van der Waals surface area contributed by atoms with E-state index in [1.54, 1.807) is 12.1 Å². The summed E-state index contributed by atoms with van der Waals surface area (Å²) in [6.45, 7) is 5.01. The normalized spacial score (nSPS) is 23.7. The minimum Gasteiger partial charge on any atom is -0.449 e. The molecule has 134 valence electrons. The van der Waals surface area contributed by atoms with Crippen LogP contribution in [0.5, 0.6) is 0 Å². The standard InChI is InChI=1S/C20H20N2O4/c23-19-17-7-1-2-8-18(17)20(24)26-16-6-4-10-22-13-11-21(12-14-22)9-3-5-15-25-19/h1-2,7-8H,9-16H2. The predicted molar refractivity (Wildman–Crippen MR) is 95.4 cm³/mol. The zero-order chi connectivity index (χ0) is 18.2. The van der Waals surface area contributed by atoms with Gasteiger partial charge in [-0.15, -0.1) is 0 Å². The maximum Gasteiger partial charge on any atom is 0.339 e. The molecule has 0 atom stereocenters. The molecule has 0 saturated carbocycles. The van der Waals surface area contributed by atoms with Gasteiger partial charge >= 0.3 is 11.9 Å². The van der Waals surface area contributed by atoms with Gasteiger partial charge in [0.1, 0.15) is 0 Å². The Morgan fingerprint density at radius 3 is 1.54 bits per heavy atom. The molecule has 4 rings (SSSR count). The van der Waals surface area contributed by atoms with Crippen LogP contribution in [0, 0.1) is 23.7 Å². The van der Waals surface area contributed by atoms with Crippen LogP contribution in [0.1, 0.15) is 20.7 Å². The molecule has 0 radical (unpaired) electrons. The molecule has 0 spiro atoms. The molecule has 0 N–H and O–H groups in total. The molecule has 6 heteroatoms. The van der Waals surface area contributed by atoms with Crippen LogP contribution in [0.15, 0.2) is 24.3 Å². The van der Waals surface area contributed by atoms with Crippen LogP contribution in [-0.4, -0.2) is 74.2 Å². The number of fused-ring (bicyclic) bond motifs is 10. The van der Waals surface area contributed by atoms with E-state index in [0.29, 0.717) is 13.1 Å². The smallest absolute Gasteiger partial charge is 0.339 e. The van der Waals surface area contributed by atoms with Crippen molar-refractivity contribution in [2.75, 3.05) is 52.5 Å². The van der Waals surface area contributed by atoms with E-state index in [2.05, 4.69) is 33.5 Å². The van der Waals surface area contributed by atoms with Crippen LogP contribution in [0.25, 0.3) is 0 Å². The van der Waals surface area contributed by atoms with Crippen molar-refractivity contribution >= 4 is 11.9 Å². The summed E-state index contributed by atoms with van der Waals surface area (Å²) in [5, 5.41) is 0. The van der Waals surface area contributed by atoms with E-state index in [-0.39, 0.29) is 24.3 Å². The first kappa shape index (κ1) is 18.0. The number of ether oxygens (including phenoxy) is 2. The third-order valence-corrected chi connectivity index (χ3v) is 4.24. The first-order valence-corrected chi connectivity index (χ1v) is 8.53. The molecule has 3 heterocycles. The van der Waals surface area contributed by atoms with Gasteiger partial charge in [-0.2, -0.15) is 0 Å². The summed E-state index contributed by atoms with van der Waals surface area (Å²) in [5.74, 6) is 10.6. The summed E-state index contributed by atoms with van der Waals surface area (Å²) >= 11 is 0. The summed E-state index contributed by atoms with van der Waals surface area (Å²) in [7, 11) is 0. The second-order valence-corrected chi connectivity index (χ2v) is 5.96. The van der Waals surface area contributed by atoms with Gasteiger partial charge in [-0.1, -0.05) is 35.8 Å². The monoisotopic (exact) mass is 352 g/mol. The van der Waals surface area contributed by atoms with Crippen molar-refractivity contribution in [2.45, 2.75) is 0 Å². The zero-order valence-corrected chi connectivity index (χ0v) is 14.5. The molecule has 1 saturated heterocycles. The molecular weight excluding hydrogens is 332 g/mol. The molecule has 0 unspecified atom stereocenters. The van der Waals surface area contributed by atoms with Gasteiger partial charge in [-0.05, 0) is 12.1 Å². The fraction of sp³-hybridized carbons (Fsp3) is 0.400. The van der Waals surface area contributed by atoms with Crippen LogP contribution in [0.4, 0.5) is 0 Å². The Morgan fingerprint density at radius 2 is 1.12 bits per heavy atom. The molecular formula is C20H20N2O4. The van der Waals surface area contributed by atoms with Gasteiger partial charge in [0.05, 0.1) is 24.2 Å². The molecule has 1 aromatic rings. The van der Waals surface area contributed by atoms with Crippen molar-refractivity contribution in [3.63, 3.8) is 0 Å². The molecule has 6 nitrogen and oxygen atoms in total. The van der Waals surface area contributed by atoms with Gasteiger partial charge in [0, 0.05) is 26.2 Å². The van der Waals surface area contributed by atoms with Gasteiger partial charge in [0.25, 0.3) is 0 Å². The molecule has 0 aliphatic carbocycles. The van der Waals surface area contributed by atoms with E-state index in [1.807, 2.05) is 0 Å². The highest BCUT2D eigenvalue weighted by Gasteiger charge is 2.19. The highest BCUT2D eigenvalue weighted by molar-refractivity contribution is 6.03. The summed E-state index contributed by atoms with van der Waals surface area (Å²) in [5.41, 5.74) is 0.338. The molecule has 2 bridgehead atoms. The van der Waals surface area contributed by atoms with Crippen molar-refractivity contribution in [1.82, 2.24) is 9.80 Å². The molecule has 0 amide bonds. The Labute approximate surface area is 153 Å². The van der Waals surface area contributed by atoms with Crippen molar-refractivity contribution in [3.05, 3.63) is 35.4 Å². The fourth-order valence-electron chi connectivity index (χ4n) is 2.74. The largest absolute Gasteiger partial charge is 0.449 e. The van der Waals surface area contributed by atoms with E-state index >= 15 is 0 Å². The average molecular weight is 352 g/mol. The number of hydrogen-bond donors (Lipinski definition) is 0. The first-order valence-electron chi connectivity index (χ1n) is 8.53. The summed E-state index contributed by atoms with van der Waals surface area (Å²) in [6, 6.07) is 6.41. The maximum atomic E-state index is 12.2. The highest BCUT2D eigenvalue weighted by Crippen LogP contribution is 2.12. The first-order chi connectivity index (χ1) is 12.7. The quantitative estimate of drug-likeness (QED) is 0.504. The lowest BCUT2D eigenvalue weighted by Gasteiger charge is -2.32. The average Bonchev–Trinajstić information content (AvgIpc) is 2.67. The van der Waals surface area contributed by atoms with E-state index in [1.165, 1.54) is 12.1 Å². The maximum absolute atomic E-state index is 12.2. The Balaban J connectivity index is 1.75. The number of benzene rings is 1. The Bertz CT molecular complexity index is 722. The van der Waals surface area contributed by atoms with E-state index in [9.17, 15) is 9.59 Å². The predicted octanol–water partition coefficient (Wildman–Crippen LogP) is 0.638. The molecule has 3 aliphatic rings. The van der Waals surface area contributed by atoms with Gasteiger partial charge in [-0.3, -0.25) is 9.80 Å². The van der Waals surface area contributed by atoms with Crippen LogP contribution < -0.4 is 0 Å². The minimum absolute atomic E-state index is 0.00629. The van der Waals surface area contributed by atoms with E-state index in [4.69, 9.17) is 9.47 Å². The highest BCUT2D eigenvalue weighted by atomic mass is 16.5. The number of piperazine rings is 1. The molecule has 26 heavy (non-hydrogen) atoms. The van der Waals surface area contributed by atoms with Crippen LogP contribution in [0.2, 0.25) is 0 Å². The van der Waals surface area contributed by atoms with Crippen LogP contribution >= 0.6 is 0 Å². The van der Waals surface area contributed by atoms with Crippen molar-refractivity contribution in [1.29, 1.82) is 0 Å². The summed E-state index contributed by atoms with van der Waals surface area (Å²) < 4.78 is 10.3. The summed E-state index contributed by atoms with van der Waals surface area (Å²) in [4.78, 5) is 29.0. The molecule has 0 aromatic heterocycles. The third kappa shape index (κ3) is 4.86. The number of carbonyl (C=O) groups excluding carboxylic acids is 2. The molecule has 1 aromatic carbocycles. The van der Waals surface area contributed by atoms with Crippen molar-refractivity contribution in [3.8, 4) is 23.7 Å². The Morgan fingerprint density at radius 1 is 0.692 bits per heavy atom. The van der Waals surface area contributed by atoms with Gasteiger partial charge < -0.3 is 9.47 Å². The number of nitrogens with zero attached hydrogens (tertiary/aromatic N) is 2. The Kier molecular flexibility index (Phi) is 6.27. The third-order valence-electron chi connectivity index (χ3n) is 4.24. The lowest BCUT2D eigenvalue weighted by molar-refractivity contribution is 0.0510. The van der Waals surface area contributed by atoms with Gasteiger partial charge in [-0.25, -0.2) is 9.59 Å². The van der Waals surface area contributed by atoms with Gasteiger partial charge in [0.15, 0.2) is 13.2 Å². The van der Waals surface area contributed by atoms with Crippen molar-refractivity contribution < 1.29 is 19.1 Å². The Hall–Kier alpha value is -2.80. The second kappa shape index (κ2) is 9.05. The van der Waals surface area contributed by atoms with Gasteiger partial charge in [0.2, 0.25) is 0 Å². The second-order valence-electron chi connectivity index (χ2n) is 5.96. The van der Waals surface area contributed by atoms with Crippen LogP contribution in [-0.2, 0) is 9.47 Å². The lowest BCUT2D eigenvalue weighted by atomic mass is 10.1. The fourth-order valence-corrected chi connectivity index (χ4v) is 2.74. The van der Waals surface area contributed by atoms with E-state index < -0.39 is 11.9 Å².